The van der Waals surface area contributed by atoms with Crippen LogP contribution < -0.4 is 48.3 Å². The number of fused-ring (bicyclic) bond motifs is 1. The van der Waals surface area contributed by atoms with Gasteiger partial charge in [0.25, 0.3) is 0 Å². The van der Waals surface area contributed by atoms with E-state index in [1.807, 2.05) is 0 Å². The van der Waals surface area contributed by atoms with E-state index >= 15 is 0 Å². The molecular weight excluding hydrogens is 1500 g/mol. The second-order valence-corrected chi connectivity index (χ2v) is 28.7. The minimum absolute atomic E-state index is 0.0160. The molecule has 3 heterocycles. The quantitative estimate of drug-likeness (QED) is 0.0252. The Morgan fingerprint density at radius 3 is 1.19 bits per heavy atom. The third-order valence-corrected chi connectivity index (χ3v) is 20.3. The van der Waals surface area contributed by atoms with Crippen molar-refractivity contribution in [3.05, 3.63) is 0 Å². The number of hydrogen-bond donors (Lipinski definition) is 18. The van der Waals surface area contributed by atoms with Gasteiger partial charge in [-0.15, -0.1) is 0 Å². The minimum Gasteiger partial charge on any atom is -0.394 e. The molecule has 8 amide bonds. The van der Waals surface area contributed by atoms with Gasteiger partial charge < -0.3 is 165 Å². The molecule has 41 nitrogen and oxygen atoms in total. The van der Waals surface area contributed by atoms with Crippen LogP contribution in [0.5, 0.6) is 0 Å². The van der Waals surface area contributed by atoms with Crippen LogP contribution in [0.4, 0.5) is 0 Å². The summed E-state index contributed by atoms with van der Waals surface area (Å²) in [5.41, 5.74) is 5.89. The van der Waals surface area contributed by atoms with E-state index in [9.17, 15) is 84.3 Å². The van der Waals surface area contributed by atoms with E-state index in [0.29, 0.717) is 50.0 Å². The van der Waals surface area contributed by atoms with Crippen LogP contribution in [-0.2, 0) is 109 Å². The summed E-state index contributed by atoms with van der Waals surface area (Å²) in [4.78, 5) is 106. The Labute approximate surface area is 657 Å². The van der Waals surface area contributed by atoms with Crippen molar-refractivity contribution in [2.45, 2.75) is 207 Å². The van der Waals surface area contributed by atoms with E-state index in [4.69, 9.17) is 76.8 Å². The molecule has 0 aromatic carbocycles. The zero-order valence-corrected chi connectivity index (χ0v) is 65.0. The highest BCUT2D eigenvalue weighted by atomic mass is 16.7. The topological polar surface area (TPSA) is 579 Å². The number of amides is 8. The summed E-state index contributed by atoms with van der Waals surface area (Å²) in [5, 5.41) is 112. The molecule has 113 heavy (non-hydrogen) atoms. The highest BCUT2D eigenvalue weighted by Gasteiger charge is 2.49. The maximum absolute atomic E-state index is 14.6. The lowest BCUT2D eigenvalue weighted by molar-refractivity contribution is -0.272. The Balaban J connectivity index is 0.949. The fourth-order valence-electron chi connectivity index (χ4n) is 13.9. The Hall–Kier alpha value is -5.24. The van der Waals surface area contributed by atoms with Crippen LogP contribution in [-0.4, -0.2) is 381 Å². The zero-order chi connectivity index (χ0) is 81.9. The van der Waals surface area contributed by atoms with Crippen molar-refractivity contribution in [2.75, 3.05) is 178 Å². The molecule has 0 aromatic rings. The first-order valence-electron chi connectivity index (χ1n) is 39.5. The number of aliphatic hydroxyl groups excluding tert-OH is 9. The predicted octanol–water partition coefficient (Wildman–Crippen LogP) is -7.78. The molecule has 6 rings (SSSR count). The number of nitrogens with one attached hydrogen (secondary N) is 8. The van der Waals surface area contributed by atoms with E-state index < -0.39 is 178 Å². The van der Waals surface area contributed by atoms with E-state index in [1.165, 1.54) is 20.3 Å². The van der Waals surface area contributed by atoms with Crippen molar-refractivity contribution < 1.29 is 155 Å². The van der Waals surface area contributed by atoms with Gasteiger partial charge in [-0.3, -0.25) is 38.4 Å². The fraction of sp³-hybridized carbons (Fsp3) is 0.889. The van der Waals surface area contributed by atoms with Crippen LogP contribution >= 0.6 is 0 Å². The summed E-state index contributed by atoms with van der Waals surface area (Å²) >= 11 is 0. The van der Waals surface area contributed by atoms with Gasteiger partial charge in [-0.1, -0.05) is 12.8 Å². The van der Waals surface area contributed by atoms with Crippen molar-refractivity contribution >= 4 is 47.3 Å². The average Bonchev–Trinajstić information content (AvgIpc) is 0.924. The first-order valence-corrected chi connectivity index (χ1v) is 39.5. The molecule has 3 saturated heterocycles. The third-order valence-electron chi connectivity index (χ3n) is 20.3. The molecule has 41 heteroatoms. The number of unbranched alkanes of at least 4 members (excludes halogenated alkanes) is 2. The second-order valence-electron chi connectivity index (χ2n) is 28.7. The second kappa shape index (κ2) is 54.7. The fourth-order valence-corrected chi connectivity index (χ4v) is 13.9. The van der Waals surface area contributed by atoms with Gasteiger partial charge in [0, 0.05) is 33.5 Å². The van der Waals surface area contributed by atoms with Crippen molar-refractivity contribution in [1.82, 2.24) is 42.5 Å². The molecule has 0 radical (unpaired) electrons. The summed E-state index contributed by atoms with van der Waals surface area (Å²) in [7, 11) is 0. The molecular formula is C72H127N9O32. The summed E-state index contributed by atoms with van der Waals surface area (Å²) in [6.07, 6.45) is -7.21. The SMILES string of the molecule is CC(=O)N[C@H]1[C@H](OCCOCCOCCOCC(=O)NCCCCC(NC(=O)C(CCCCNC(=O)COCCOCCOCCO[C@@H]2O[C@H](CO)[C@H](O)[C@H](O)[C@H]2N)NC(=O)COCCOCCOCCO[C@@H]2O[C@H](CO)[C@H](O)[C@H](O)[C@H]2NC(C)=O)C(=O)NC(C(=O)NCC2CC3CCC32)C2CCCC2)O[C@H](CO)[C@H](O)[C@@H]1O. The van der Waals surface area contributed by atoms with Crippen LogP contribution in [0, 0.1) is 23.7 Å². The third kappa shape index (κ3) is 34.7. The molecule has 0 bridgehead atoms. The monoisotopic (exact) mass is 1630 g/mol. The number of aliphatic hydroxyl groups is 9. The van der Waals surface area contributed by atoms with E-state index in [0.717, 1.165) is 38.5 Å². The number of nitrogens with two attached hydrogens (primary N) is 1. The number of hydrogen-bond acceptors (Lipinski definition) is 33. The van der Waals surface area contributed by atoms with E-state index in [2.05, 4.69) is 42.5 Å². The summed E-state index contributed by atoms with van der Waals surface area (Å²) < 4.78 is 83.1. The number of carbonyl (C=O) groups is 8. The van der Waals surface area contributed by atoms with Gasteiger partial charge in [-0.2, -0.15) is 0 Å². The molecule has 21 atom stereocenters. The maximum atomic E-state index is 14.6. The van der Waals surface area contributed by atoms with Crippen LogP contribution in [0.25, 0.3) is 0 Å². The standard InChI is InChI=1S/C72H127N9O32/c1-43(85)77-59-65(94)62(91)52(38-83)112-71(59)109-33-30-103-21-18-100-24-27-106-41-55(88)75-16-8-6-12-50(68(97)81-58(45-9-3-4-10-45)69(98)76-36-47-35-46-13-14-48(46)47)80-67(96)49(79-56(89)42-107-28-25-101-19-22-104-31-34-110-72-60(78-44(2)86)66(95)63(92)53(39-84)113-72)11-5-7-15-74-54(87)40-105-26-23-99-17-20-102-29-32-108-70-57(73)64(93)61(90)51(37-82)111-70/h45-53,57-66,70-72,82-84,90-95H,3-42,73H2,1-2H3,(H,74,87)(H,75,88)(H,76,98)(H,77,85)(H,78,86)(H,79,89)(H,80,96)(H,81,97)/t46?,47?,48?,49?,50?,51-,52-,53-,57-,58?,59-,60-,61+,62+,63+,64-,65-,66-,70-,71-,72-/m1/s1. The number of rotatable bonds is 60. The van der Waals surface area contributed by atoms with Gasteiger partial charge in [0.15, 0.2) is 18.9 Å². The molecule has 6 fully saturated rings. The van der Waals surface area contributed by atoms with Crippen LogP contribution in [0.15, 0.2) is 0 Å². The number of carbonyl (C=O) groups excluding carboxylic acids is 8. The predicted molar refractivity (Wildman–Crippen MR) is 390 cm³/mol. The minimum atomic E-state index is -1.47. The normalized spacial score (nSPS) is 28.3. The lowest BCUT2D eigenvalue weighted by Crippen LogP contribution is -2.64. The Morgan fingerprint density at radius 1 is 0.416 bits per heavy atom. The molecule has 6 unspecified atom stereocenters. The molecule has 6 aliphatic rings. The van der Waals surface area contributed by atoms with Gasteiger partial charge in [0.1, 0.15) is 105 Å². The van der Waals surface area contributed by atoms with Crippen LogP contribution in [0.2, 0.25) is 0 Å². The average molecular weight is 1630 g/mol. The van der Waals surface area contributed by atoms with E-state index in [1.54, 1.807) is 0 Å². The molecule has 3 aliphatic heterocycles. The lowest BCUT2D eigenvalue weighted by Gasteiger charge is -2.53. The summed E-state index contributed by atoms with van der Waals surface area (Å²) in [6, 6.07) is -6.52. The zero-order valence-electron chi connectivity index (χ0n) is 65.0. The van der Waals surface area contributed by atoms with Crippen molar-refractivity contribution in [3.63, 3.8) is 0 Å². The highest BCUT2D eigenvalue weighted by molar-refractivity contribution is 5.94. The molecule has 3 saturated carbocycles. The van der Waals surface area contributed by atoms with Gasteiger partial charge >= 0.3 is 0 Å². The van der Waals surface area contributed by atoms with Crippen LogP contribution in [0.3, 0.4) is 0 Å². The highest BCUT2D eigenvalue weighted by Crippen LogP contribution is 2.54. The maximum Gasteiger partial charge on any atom is 0.246 e. The summed E-state index contributed by atoms with van der Waals surface area (Å²) in [5.74, 6) is -2.51. The molecule has 3 aliphatic carbocycles. The van der Waals surface area contributed by atoms with E-state index in [-0.39, 0.29) is 170 Å². The van der Waals surface area contributed by atoms with Crippen molar-refractivity contribution in [2.24, 2.45) is 29.4 Å². The van der Waals surface area contributed by atoms with Gasteiger partial charge in [0.2, 0.25) is 47.3 Å². The van der Waals surface area contributed by atoms with Crippen molar-refractivity contribution in [3.8, 4) is 0 Å². The largest absolute Gasteiger partial charge is 0.394 e. The summed E-state index contributed by atoms with van der Waals surface area (Å²) in [6.45, 7) is 2.20. The first-order chi connectivity index (χ1) is 54.5. The van der Waals surface area contributed by atoms with Gasteiger partial charge in [0.05, 0.1) is 145 Å². The first kappa shape index (κ1) is 96.6. The molecule has 0 spiro atoms. The smallest absolute Gasteiger partial charge is 0.246 e. The molecule has 0 aromatic heterocycles. The van der Waals surface area contributed by atoms with Gasteiger partial charge in [-0.25, -0.2) is 0 Å². The Morgan fingerprint density at radius 2 is 0.796 bits per heavy atom. The van der Waals surface area contributed by atoms with Crippen LogP contribution in [0.1, 0.15) is 97.3 Å². The van der Waals surface area contributed by atoms with Gasteiger partial charge in [-0.05, 0) is 94.3 Å². The van der Waals surface area contributed by atoms with Crippen molar-refractivity contribution in [1.29, 1.82) is 0 Å². The lowest BCUT2D eigenvalue weighted by atomic mass is 9.53. The molecule has 652 valence electrons. The molecule has 19 N–H and O–H groups in total. The Bertz CT molecular complexity index is 2740. The number of ether oxygens (including phenoxy) is 15. The Kier molecular flexibility index (Phi) is 46.8.